The molecule has 2 heterocycles. The van der Waals surface area contributed by atoms with Crippen molar-refractivity contribution in [1.29, 1.82) is 0 Å². The summed E-state index contributed by atoms with van der Waals surface area (Å²) in [6, 6.07) is 7.02. The summed E-state index contributed by atoms with van der Waals surface area (Å²) >= 11 is 4.67. The number of hydrogen-bond acceptors (Lipinski definition) is 5. The number of sulfonamides is 1. The Hall–Kier alpha value is -1.49. The predicted molar refractivity (Wildman–Crippen MR) is 99.8 cm³/mol. The monoisotopic (exact) mass is 444 g/mol. The van der Waals surface area contributed by atoms with E-state index in [1.54, 1.807) is 5.38 Å². The van der Waals surface area contributed by atoms with Gasteiger partial charge in [0.15, 0.2) is 5.03 Å². The Labute approximate surface area is 158 Å². The molecule has 10 heteroatoms. The molecule has 2 N–H and O–H groups in total. The molecule has 134 valence electrons. The Balaban J connectivity index is 1.81. The third-order valence-corrected chi connectivity index (χ3v) is 7.30. The van der Waals surface area contributed by atoms with E-state index in [1.807, 2.05) is 24.3 Å². The molecule has 0 spiro atoms. The van der Waals surface area contributed by atoms with E-state index in [-0.39, 0.29) is 18.1 Å². The molecule has 0 aliphatic carbocycles. The zero-order valence-corrected chi connectivity index (χ0v) is 16.5. The Morgan fingerprint density at radius 2 is 1.88 bits per heavy atom. The van der Waals surface area contributed by atoms with Crippen LogP contribution in [0.15, 0.2) is 39.1 Å². The van der Waals surface area contributed by atoms with Crippen molar-refractivity contribution in [2.24, 2.45) is 5.73 Å². The number of urea groups is 1. The fraction of sp³-hybridized carbons (Fsp3) is 0.333. The number of nitrogens with two attached hydrogens (primary N) is 1. The first kappa shape index (κ1) is 18.3. The van der Waals surface area contributed by atoms with E-state index in [2.05, 4.69) is 20.9 Å². The van der Waals surface area contributed by atoms with E-state index in [9.17, 15) is 13.2 Å². The molecule has 2 aromatic rings. The summed E-state index contributed by atoms with van der Waals surface area (Å²) in [5.41, 5.74) is 6.15. The van der Waals surface area contributed by atoms with Crippen molar-refractivity contribution in [3.63, 3.8) is 0 Å². The fourth-order valence-corrected chi connectivity index (χ4v) is 5.39. The van der Waals surface area contributed by atoms with Gasteiger partial charge in [0.2, 0.25) is 0 Å². The second kappa shape index (κ2) is 7.40. The average molecular weight is 445 g/mol. The van der Waals surface area contributed by atoms with Crippen LogP contribution in [0, 0.1) is 0 Å². The van der Waals surface area contributed by atoms with Gasteiger partial charge in [-0.2, -0.15) is 4.31 Å². The van der Waals surface area contributed by atoms with Crippen molar-refractivity contribution in [3.05, 3.63) is 34.1 Å². The van der Waals surface area contributed by atoms with Gasteiger partial charge in [-0.3, -0.25) is 0 Å². The van der Waals surface area contributed by atoms with Crippen LogP contribution in [0.4, 0.5) is 4.79 Å². The first-order valence-electron chi connectivity index (χ1n) is 7.64. The van der Waals surface area contributed by atoms with Crippen molar-refractivity contribution >= 4 is 43.3 Å². The summed E-state index contributed by atoms with van der Waals surface area (Å²) in [6.07, 6.45) is 0.547. The van der Waals surface area contributed by atoms with Crippen molar-refractivity contribution in [1.82, 2.24) is 14.2 Å². The number of thiazole rings is 1. The lowest BCUT2D eigenvalue weighted by atomic mass is 10.2. The lowest BCUT2D eigenvalue weighted by Gasteiger charge is -2.19. The number of amides is 2. The third-order valence-electron chi connectivity index (χ3n) is 3.95. The molecule has 0 atom stereocenters. The van der Waals surface area contributed by atoms with E-state index in [0.29, 0.717) is 24.5 Å². The van der Waals surface area contributed by atoms with Gasteiger partial charge in [-0.1, -0.05) is 28.1 Å². The van der Waals surface area contributed by atoms with Crippen LogP contribution in [0.5, 0.6) is 0 Å². The zero-order chi connectivity index (χ0) is 18.0. The molecule has 0 saturated carbocycles. The van der Waals surface area contributed by atoms with Crippen molar-refractivity contribution in [2.45, 2.75) is 11.4 Å². The number of nitrogens with zero attached hydrogens (tertiary/aromatic N) is 3. The molecule has 1 fully saturated rings. The van der Waals surface area contributed by atoms with Crippen LogP contribution in [0.1, 0.15) is 6.42 Å². The SMILES string of the molecule is NC(=O)N1CCCN(S(=O)(=O)c2csc(-c3ccc(Br)cc3)n2)CC1. The third kappa shape index (κ3) is 4.02. The molecule has 1 aliphatic rings. The number of primary amides is 1. The van der Waals surface area contributed by atoms with E-state index < -0.39 is 16.1 Å². The maximum Gasteiger partial charge on any atom is 0.314 e. The van der Waals surface area contributed by atoms with Crippen LogP contribution < -0.4 is 5.73 Å². The normalized spacial score (nSPS) is 16.6. The number of rotatable bonds is 3. The predicted octanol–water partition coefficient (Wildman–Crippen LogP) is 2.35. The molecule has 0 radical (unpaired) electrons. The molecule has 1 aliphatic heterocycles. The number of aromatic nitrogens is 1. The Morgan fingerprint density at radius 3 is 2.56 bits per heavy atom. The van der Waals surface area contributed by atoms with Gasteiger partial charge in [0.1, 0.15) is 5.01 Å². The highest BCUT2D eigenvalue weighted by atomic mass is 79.9. The van der Waals surface area contributed by atoms with Gasteiger partial charge < -0.3 is 10.6 Å². The number of carbonyl (C=O) groups excluding carboxylic acids is 1. The maximum absolute atomic E-state index is 12.8. The van der Waals surface area contributed by atoms with Gasteiger partial charge in [0, 0.05) is 41.6 Å². The van der Waals surface area contributed by atoms with Crippen LogP contribution in [0.2, 0.25) is 0 Å². The van der Waals surface area contributed by atoms with Gasteiger partial charge >= 0.3 is 6.03 Å². The topological polar surface area (TPSA) is 96.6 Å². The summed E-state index contributed by atoms with van der Waals surface area (Å²) in [6.45, 7) is 1.31. The molecule has 1 saturated heterocycles. The van der Waals surface area contributed by atoms with E-state index in [1.165, 1.54) is 20.5 Å². The molecule has 2 amide bonds. The molecule has 0 unspecified atom stereocenters. The Kier molecular flexibility index (Phi) is 5.42. The van der Waals surface area contributed by atoms with Gasteiger partial charge in [-0.05, 0) is 18.6 Å². The second-order valence-electron chi connectivity index (χ2n) is 5.58. The highest BCUT2D eigenvalue weighted by Gasteiger charge is 2.29. The number of halogens is 1. The van der Waals surface area contributed by atoms with Crippen LogP contribution in [0.3, 0.4) is 0 Å². The van der Waals surface area contributed by atoms with Crippen molar-refractivity contribution < 1.29 is 13.2 Å². The van der Waals surface area contributed by atoms with Crippen molar-refractivity contribution in [3.8, 4) is 10.6 Å². The second-order valence-corrected chi connectivity index (χ2v) is 9.24. The number of hydrogen-bond donors (Lipinski definition) is 1. The molecule has 3 rings (SSSR count). The van der Waals surface area contributed by atoms with Crippen LogP contribution >= 0.6 is 27.3 Å². The quantitative estimate of drug-likeness (QED) is 0.785. The minimum Gasteiger partial charge on any atom is -0.351 e. The van der Waals surface area contributed by atoms with E-state index in [0.717, 1.165) is 10.0 Å². The summed E-state index contributed by atoms with van der Waals surface area (Å²) < 4.78 is 28.0. The first-order valence-corrected chi connectivity index (χ1v) is 10.8. The average Bonchev–Trinajstić information content (AvgIpc) is 2.93. The summed E-state index contributed by atoms with van der Waals surface area (Å²) in [5, 5.41) is 2.26. The summed E-state index contributed by atoms with van der Waals surface area (Å²) in [7, 11) is -3.69. The smallest absolute Gasteiger partial charge is 0.314 e. The molecular formula is C15H17BrN4O3S2. The van der Waals surface area contributed by atoms with E-state index in [4.69, 9.17) is 5.73 Å². The van der Waals surface area contributed by atoms with Crippen LogP contribution in [0.25, 0.3) is 10.6 Å². The maximum atomic E-state index is 12.8. The van der Waals surface area contributed by atoms with Gasteiger partial charge in [-0.15, -0.1) is 11.3 Å². The van der Waals surface area contributed by atoms with Gasteiger partial charge in [0.05, 0.1) is 0 Å². The van der Waals surface area contributed by atoms with Crippen molar-refractivity contribution in [2.75, 3.05) is 26.2 Å². The highest BCUT2D eigenvalue weighted by molar-refractivity contribution is 9.10. The number of benzene rings is 1. The Morgan fingerprint density at radius 1 is 1.16 bits per heavy atom. The Bertz CT molecular complexity index is 867. The zero-order valence-electron chi connectivity index (χ0n) is 13.3. The summed E-state index contributed by atoms with van der Waals surface area (Å²) in [4.78, 5) is 17.1. The lowest BCUT2D eigenvalue weighted by Crippen LogP contribution is -2.39. The molecule has 7 nitrogen and oxygen atoms in total. The molecule has 0 bridgehead atoms. The molecule has 1 aromatic heterocycles. The van der Waals surface area contributed by atoms with Gasteiger partial charge in [0.25, 0.3) is 10.0 Å². The fourth-order valence-electron chi connectivity index (χ4n) is 2.59. The number of carbonyl (C=O) groups is 1. The standard InChI is InChI=1S/C15H17BrN4O3S2/c16-12-4-2-11(3-5-12)14-18-13(10-24-14)25(22,23)20-7-1-6-19(8-9-20)15(17)21/h2-5,10H,1,6-9H2,(H2,17,21). The highest BCUT2D eigenvalue weighted by Crippen LogP contribution is 2.28. The van der Waals surface area contributed by atoms with E-state index >= 15 is 0 Å². The lowest BCUT2D eigenvalue weighted by molar-refractivity contribution is 0.210. The molecule has 1 aromatic carbocycles. The largest absolute Gasteiger partial charge is 0.351 e. The first-order chi connectivity index (χ1) is 11.9. The molecular weight excluding hydrogens is 428 g/mol. The van der Waals surface area contributed by atoms with Crippen LogP contribution in [-0.2, 0) is 10.0 Å². The minimum absolute atomic E-state index is 0.0444. The summed E-state index contributed by atoms with van der Waals surface area (Å²) in [5.74, 6) is 0. The van der Waals surface area contributed by atoms with Gasteiger partial charge in [-0.25, -0.2) is 18.2 Å². The molecule has 25 heavy (non-hydrogen) atoms. The minimum atomic E-state index is -3.69. The van der Waals surface area contributed by atoms with Crippen LogP contribution in [-0.4, -0.2) is 54.8 Å².